The minimum Gasteiger partial charge on any atom is -0.444 e. The number of ether oxygens (including phenoxy) is 1. The maximum absolute atomic E-state index is 12.5. The number of amides is 1. The standard InChI is InChI=1S/C17H28F3N5O2.HI/c1-16(2,3)27-15(26)24-6-7-25-13(10-24)8-21-14(25)22-12-4-5-23(9-12)11-17(18,19)20;/h12-13H,4-11H2,1-3H3,(H,21,22);1H. The van der Waals surface area contributed by atoms with Crippen LogP contribution in [0.25, 0.3) is 0 Å². The molecule has 11 heteroatoms. The van der Waals surface area contributed by atoms with Crippen molar-refractivity contribution in [2.45, 2.75) is 51.1 Å². The Labute approximate surface area is 180 Å². The van der Waals surface area contributed by atoms with E-state index in [-0.39, 0.29) is 42.2 Å². The number of aliphatic imine (C=N–C) groups is 1. The first-order chi connectivity index (χ1) is 12.5. The number of nitrogens with zero attached hydrogens (tertiary/aromatic N) is 4. The largest absolute Gasteiger partial charge is 0.444 e. The van der Waals surface area contributed by atoms with E-state index in [1.165, 1.54) is 4.90 Å². The van der Waals surface area contributed by atoms with Crippen LogP contribution in [0.5, 0.6) is 0 Å². The molecule has 3 rings (SSSR count). The maximum Gasteiger partial charge on any atom is 0.410 e. The number of hydrogen-bond donors (Lipinski definition) is 1. The molecule has 0 spiro atoms. The molecular formula is C17H29F3IN5O2. The quantitative estimate of drug-likeness (QED) is 0.567. The number of nitrogens with one attached hydrogen (secondary N) is 1. The Morgan fingerprint density at radius 3 is 2.57 bits per heavy atom. The van der Waals surface area contributed by atoms with Crippen molar-refractivity contribution in [1.29, 1.82) is 0 Å². The zero-order chi connectivity index (χ0) is 19.8. The summed E-state index contributed by atoms with van der Waals surface area (Å²) in [5, 5.41) is 3.31. The van der Waals surface area contributed by atoms with Crippen molar-refractivity contribution in [2.24, 2.45) is 4.99 Å². The van der Waals surface area contributed by atoms with Gasteiger partial charge in [-0.2, -0.15) is 13.2 Å². The summed E-state index contributed by atoms with van der Waals surface area (Å²) in [5.74, 6) is 0.739. The summed E-state index contributed by atoms with van der Waals surface area (Å²) < 4.78 is 43.0. The molecule has 0 aromatic heterocycles. The first-order valence-corrected chi connectivity index (χ1v) is 9.35. The van der Waals surface area contributed by atoms with E-state index in [4.69, 9.17) is 4.74 Å². The molecule has 2 fully saturated rings. The molecule has 0 bridgehead atoms. The highest BCUT2D eigenvalue weighted by atomic mass is 127. The SMILES string of the molecule is CC(C)(C)OC(=O)N1CCN2C(NC3CCN(CC(F)(F)F)C3)=NCC2C1.I. The summed E-state index contributed by atoms with van der Waals surface area (Å²) >= 11 is 0. The zero-order valence-electron chi connectivity index (χ0n) is 16.5. The van der Waals surface area contributed by atoms with Gasteiger partial charge >= 0.3 is 12.3 Å². The number of carbonyl (C=O) groups is 1. The summed E-state index contributed by atoms with van der Waals surface area (Å²) in [6.07, 6.45) is -3.82. The molecule has 7 nitrogen and oxygen atoms in total. The average molecular weight is 519 g/mol. The van der Waals surface area contributed by atoms with Crippen molar-refractivity contribution in [3.8, 4) is 0 Å². The second kappa shape index (κ2) is 8.80. The Kier molecular flexibility index (Phi) is 7.32. The number of hydrogen-bond acceptors (Lipinski definition) is 6. The molecule has 0 aliphatic carbocycles. The number of rotatable bonds is 2. The average Bonchev–Trinajstić information content (AvgIpc) is 3.11. The fourth-order valence-corrected chi connectivity index (χ4v) is 3.72. The Bertz CT molecular complexity index is 596. The van der Waals surface area contributed by atoms with Crippen molar-refractivity contribution >= 4 is 36.0 Å². The van der Waals surface area contributed by atoms with Crippen molar-refractivity contribution in [3.05, 3.63) is 0 Å². The fraction of sp³-hybridized carbons (Fsp3) is 0.882. The van der Waals surface area contributed by atoms with Gasteiger partial charge in [-0.1, -0.05) is 0 Å². The van der Waals surface area contributed by atoms with E-state index < -0.39 is 18.3 Å². The summed E-state index contributed by atoms with van der Waals surface area (Å²) in [5.41, 5.74) is -0.530. The van der Waals surface area contributed by atoms with Gasteiger partial charge in [-0.25, -0.2) is 4.79 Å². The predicted octanol–water partition coefficient (Wildman–Crippen LogP) is 2.12. The van der Waals surface area contributed by atoms with E-state index in [1.54, 1.807) is 4.90 Å². The van der Waals surface area contributed by atoms with Gasteiger partial charge in [-0.05, 0) is 27.2 Å². The van der Waals surface area contributed by atoms with E-state index >= 15 is 0 Å². The second-order valence-corrected chi connectivity index (χ2v) is 8.42. The fourth-order valence-electron chi connectivity index (χ4n) is 3.72. The Balaban J connectivity index is 0.00000280. The van der Waals surface area contributed by atoms with Gasteiger partial charge in [0.25, 0.3) is 0 Å². The van der Waals surface area contributed by atoms with Crippen LogP contribution in [0, 0.1) is 0 Å². The van der Waals surface area contributed by atoms with Crippen LogP contribution in [0.15, 0.2) is 4.99 Å². The van der Waals surface area contributed by atoms with Gasteiger partial charge in [0.05, 0.1) is 19.1 Å². The van der Waals surface area contributed by atoms with Gasteiger partial charge in [0, 0.05) is 38.8 Å². The van der Waals surface area contributed by atoms with Crippen LogP contribution >= 0.6 is 24.0 Å². The number of alkyl halides is 3. The van der Waals surface area contributed by atoms with Gasteiger partial charge in [-0.15, -0.1) is 24.0 Å². The second-order valence-electron chi connectivity index (χ2n) is 8.42. The van der Waals surface area contributed by atoms with E-state index in [0.29, 0.717) is 45.7 Å². The summed E-state index contributed by atoms with van der Waals surface area (Å²) in [4.78, 5) is 22.0. The maximum atomic E-state index is 12.5. The van der Waals surface area contributed by atoms with Gasteiger partial charge in [0.2, 0.25) is 0 Å². The van der Waals surface area contributed by atoms with Gasteiger partial charge in [-0.3, -0.25) is 9.89 Å². The molecule has 2 unspecified atom stereocenters. The molecule has 28 heavy (non-hydrogen) atoms. The molecule has 3 heterocycles. The summed E-state index contributed by atoms with van der Waals surface area (Å²) in [6.45, 7) is 7.72. The van der Waals surface area contributed by atoms with E-state index in [0.717, 1.165) is 5.96 Å². The van der Waals surface area contributed by atoms with Crippen molar-refractivity contribution in [1.82, 2.24) is 20.0 Å². The third kappa shape index (κ3) is 6.26. The molecule has 0 aromatic rings. The third-order valence-corrected chi connectivity index (χ3v) is 4.87. The van der Waals surface area contributed by atoms with Crippen LogP contribution in [0.3, 0.4) is 0 Å². The lowest BCUT2D eigenvalue weighted by Crippen LogP contribution is -2.58. The first kappa shape index (κ1) is 23.3. The number of carbonyl (C=O) groups excluding carboxylic acids is 1. The smallest absolute Gasteiger partial charge is 0.410 e. The Morgan fingerprint density at radius 1 is 1.21 bits per heavy atom. The predicted molar refractivity (Wildman–Crippen MR) is 110 cm³/mol. The highest BCUT2D eigenvalue weighted by Gasteiger charge is 2.39. The lowest BCUT2D eigenvalue weighted by Gasteiger charge is -2.39. The lowest BCUT2D eigenvalue weighted by molar-refractivity contribution is -0.143. The molecule has 1 amide bonds. The van der Waals surface area contributed by atoms with Crippen LogP contribution in [0.1, 0.15) is 27.2 Å². The van der Waals surface area contributed by atoms with Crippen molar-refractivity contribution in [2.75, 3.05) is 45.8 Å². The van der Waals surface area contributed by atoms with Crippen molar-refractivity contribution < 1.29 is 22.7 Å². The highest BCUT2D eigenvalue weighted by molar-refractivity contribution is 14.0. The first-order valence-electron chi connectivity index (χ1n) is 9.35. The highest BCUT2D eigenvalue weighted by Crippen LogP contribution is 2.22. The molecule has 3 aliphatic rings. The summed E-state index contributed by atoms with van der Waals surface area (Å²) in [6, 6.07) is 0.0511. The summed E-state index contributed by atoms with van der Waals surface area (Å²) in [7, 11) is 0. The topological polar surface area (TPSA) is 60.4 Å². The number of likely N-dealkylation sites (tertiary alicyclic amines) is 1. The van der Waals surface area contributed by atoms with E-state index in [9.17, 15) is 18.0 Å². The van der Waals surface area contributed by atoms with Crippen LogP contribution in [0.4, 0.5) is 18.0 Å². The molecule has 0 aromatic carbocycles. The molecule has 2 atom stereocenters. The third-order valence-electron chi connectivity index (χ3n) is 4.87. The Morgan fingerprint density at radius 2 is 1.93 bits per heavy atom. The molecule has 162 valence electrons. The normalized spacial score (nSPS) is 25.9. The molecule has 1 N–H and O–H groups in total. The van der Waals surface area contributed by atoms with Crippen LogP contribution in [-0.4, -0.2) is 96.4 Å². The van der Waals surface area contributed by atoms with Crippen molar-refractivity contribution in [3.63, 3.8) is 0 Å². The van der Waals surface area contributed by atoms with E-state index in [2.05, 4.69) is 15.2 Å². The minimum atomic E-state index is -4.16. The minimum absolute atomic E-state index is 0. The van der Waals surface area contributed by atoms with Gasteiger partial charge in [0.1, 0.15) is 5.60 Å². The number of piperazine rings is 1. The number of guanidine groups is 1. The van der Waals surface area contributed by atoms with Crippen LogP contribution in [-0.2, 0) is 4.74 Å². The molecule has 2 saturated heterocycles. The van der Waals surface area contributed by atoms with Crippen LogP contribution < -0.4 is 5.32 Å². The number of halogens is 4. The Hall–Kier alpha value is -0.980. The van der Waals surface area contributed by atoms with E-state index in [1.807, 2.05) is 20.8 Å². The zero-order valence-corrected chi connectivity index (χ0v) is 18.8. The molecular weight excluding hydrogens is 490 g/mol. The molecule has 3 aliphatic heterocycles. The number of fused-ring (bicyclic) bond motifs is 1. The molecule has 0 saturated carbocycles. The lowest BCUT2D eigenvalue weighted by atomic mass is 10.2. The molecule has 0 radical (unpaired) electrons. The van der Waals surface area contributed by atoms with Gasteiger partial charge < -0.3 is 19.9 Å². The van der Waals surface area contributed by atoms with Gasteiger partial charge in [0.15, 0.2) is 5.96 Å². The van der Waals surface area contributed by atoms with Crippen LogP contribution in [0.2, 0.25) is 0 Å². The monoisotopic (exact) mass is 519 g/mol.